The number of rotatable bonds is 1. The fraction of sp³-hybridized carbons (Fsp3) is 0. The van der Waals surface area contributed by atoms with Gasteiger partial charge in [-0.1, -0.05) is 34.1 Å². The minimum absolute atomic E-state index is 0.254. The van der Waals surface area contributed by atoms with Crippen LogP contribution in [0.25, 0.3) is 0 Å². The van der Waals surface area contributed by atoms with E-state index in [9.17, 15) is 4.79 Å². The highest BCUT2D eigenvalue weighted by molar-refractivity contribution is 9.10. The Bertz CT molecular complexity index is 240. The maximum atomic E-state index is 10.3. The first-order valence-electron chi connectivity index (χ1n) is 2.96. The molecule has 9 heavy (non-hydrogen) atoms. The van der Waals surface area contributed by atoms with E-state index in [1.54, 1.807) is 18.2 Å². The van der Waals surface area contributed by atoms with Crippen LogP contribution >= 0.6 is 15.9 Å². The van der Waals surface area contributed by atoms with Crippen LogP contribution in [0.15, 0.2) is 28.7 Å². The molecule has 0 radical (unpaired) electrons. The molecule has 1 aromatic rings. The highest BCUT2D eigenvalue weighted by Crippen LogP contribution is 2.12. The summed E-state index contributed by atoms with van der Waals surface area (Å²) in [4.78, 5) is 10.3. The molecule has 0 aliphatic heterocycles. The molecule has 1 rings (SSSR count). The first kappa shape index (κ1) is 5.18. The van der Waals surface area contributed by atoms with Crippen molar-refractivity contribution in [1.29, 1.82) is 0 Å². The molecule has 2 heteroatoms. The number of carbonyl (C=O) groups is 1. The Morgan fingerprint density at radius 3 is 2.89 bits per heavy atom. The van der Waals surface area contributed by atoms with Crippen LogP contribution in [0, 0.1) is 0 Å². The fourth-order valence-corrected chi connectivity index (χ4v) is 0.880. The first-order chi connectivity index (χ1) is 4.75. The lowest BCUT2D eigenvalue weighted by molar-refractivity contribution is 0.112. The summed E-state index contributed by atoms with van der Waals surface area (Å²) in [5, 5.41) is 0. The predicted molar refractivity (Wildman–Crippen MR) is 39.5 cm³/mol. The van der Waals surface area contributed by atoms with E-state index in [4.69, 9.17) is 1.37 Å². The van der Waals surface area contributed by atoms with Gasteiger partial charge in [-0.2, -0.15) is 0 Å². The summed E-state index contributed by atoms with van der Waals surface area (Å²) >= 11 is 3.16. The van der Waals surface area contributed by atoms with Gasteiger partial charge in [-0.05, 0) is 6.07 Å². The van der Waals surface area contributed by atoms with E-state index >= 15 is 0 Å². The Balaban J connectivity index is 3.30. The van der Waals surface area contributed by atoms with Crippen molar-refractivity contribution in [2.24, 2.45) is 0 Å². The lowest BCUT2D eigenvalue weighted by Gasteiger charge is -1.90. The third-order valence-corrected chi connectivity index (χ3v) is 1.64. The van der Waals surface area contributed by atoms with E-state index in [0.717, 1.165) is 0 Å². The molecule has 0 amide bonds. The molecule has 0 aliphatic carbocycles. The molecule has 1 aromatic carbocycles. The SMILES string of the molecule is [2H]c1cccc(Br)c1C=O. The Hall–Kier alpha value is -0.630. The van der Waals surface area contributed by atoms with Crippen LogP contribution in [0.2, 0.25) is 0 Å². The Morgan fingerprint density at radius 2 is 2.44 bits per heavy atom. The van der Waals surface area contributed by atoms with Crippen molar-refractivity contribution in [3.8, 4) is 0 Å². The summed E-state index contributed by atoms with van der Waals surface area (Å²) in [7, 11) is 0. The van der Waals surface area contributed by atoms with Gasteiger partial charge in [-0.15, -0.1) is 0 Å². The number of carbonyl (C=O) groups excluding carboxylic acids is 1. The Kier molecular flexibility index (Phi) is 1.60. The summed E-state index contributed by atoms with van der Waals surface area (Å²) in [6.45, 7) is 0. The van der Waals surface area contributed by atoms with E-state index in [-0.39, 0.29) is 6.04 Å². The Morgan fingerprint density at radius 1 is 1.67 bits per heavy atom. The minimum atomic E-state index is 0.254. The van der Waals surface area contributed by atoms with Crippen LogP contribution in [0.5, 0.6) is 0 Å². The van der Waals surface area contributed by atoms with Crippen molar-refractivity contribution in [2.45, 2.75) is 0 Å². The topological polar surface area (TPSA) is 17.1 Å². The highest BCUT2D eigenvalue weighted by atomic mass is 79.9. The molecule has 0 spiro atoms. The summed E-state index contributed by atoms with van der Waals surface area (Å²) in [5.41, 5.74) is 0.405. The Labute approximate surface area is 63.2 Å². The third-order valence-electron chi connectivity index (χ3n) is 0.953. The molecule has 0 atom stereocenters. The van der Waals surface area contributed by atoms with E-state index in [1.807, 2.05) is 0 Å². The second kappa shape index (κ2) is 2.78. The average molecular weight is 186 g/mol. The van der Waals surface area contributed by atoms with Crippen LogP contribution in [-0.2, 0) is 0 Å². The van der Waals surface area contributed by atoms with Crippen LogP contribution in [0.3, 0.4) is 0 Å². The number of benzene rings is 1. The normalized spacial score (nSPS) is 10.6. The number of hydrogen-bond acceptors (Lipinski definition) is 1. The summed E-state index contributed by atoms with van der Waals surface area (Å²) in [6, 6.07) is 5.29. The molecule has 0 aromatic heterocycles. The van der Waals surface area contributed by atoms with Crippen molar-refractivity contribution >= 4 is 22.2 Å². The zero-order valence-electron chi connectivity index (χ0n) is 5.60. The third kappa shape index (κ3) is 1.39. The second-order valence-corrected chi connectivity index (χ2v) is 2.40. The molecule has 0 saturated heterocycles. The van der Waals surface area contributed by atoms with Gasteiger partial charge in [0.1, 0.15) is 0 Å². The molecule has 1 nitrogen and oxygen atoms in total. The van der Waals surface area contributed by atoms with Crippen molar-refractivity contribution < 1.29 is 6.17 Å². The zero-order chi connectivity index (χ0) is 7.56. The van der Waals surface area contributed by atoms with E-state index in [2.05, 4.69) is 15.9 Å². The van der Waals surface area contributed by atoms with Crippen molar-refractivity contribution in [1.82, 2.24) is 0 Å². The first-order valence-corrected chi connectivity index (χ1v) is 3.25. The number of hydrogen-bond donors (Lipinski definition) is 0. The zero-order valence-corrected chi connectivity index (χ0v) is 6.18. The molecular formula is C7H5BrO. The van der Waals surface area contributed by atoms with E-state index < -0.39 is 0 Å². The quantitative estimate of drug-likeness (QED) is 0.614. The molecule has 0 unspecified atom stereocenters. The second-order valence-electron chi connectivity index (χ2n) is 1.55. The maximum Gasteiger partial charge on any atom is 0.151 e. The lowest BCUT2D eigenvalue weighted by Crippen LogP contribution is -1.78. The van der Waals surface area contributed by atoms with Gasteiger partial charge < -0.3 is 0 Å². The van der Waals surface area contributed by atoms with Gasteiger partial charge in [0.15, 0.2) is 6.29 Å². The standard InChI is InChI=1S/C7H5BrO/c8-7-4-2-1-3-6(7)5-9/h1-5H/i3D. The van der Waals surface area contributed by atoms with Crippen LogP contribution in [-0.4, -0.2) is 6.29 Å². The monoisotopic (exact) mass is 185 g/mol. The molecule has 0 heterocycles. The van der Waals surface area contributed by atoms with E-state index in [0.29, 0.717) is 16.3 Å². The molecule has 0 bridgehead atoms. The molecule has 0 N–H and O–H groups in total. The van der Waals surface area contributed by atoms with Crippen molar-refractivity contribution in [3.05, 3.63) is 34.3 Å². The van der Waals surface area contributed by atoms with Crippen molar-refractivity contribution in [3.63, 3.8) is 0 Å². The molecule has 46 valence electrons. The predicted octanol–water partition coefficient (Wildman–Crippen LogP) is 2.26. The van der Waals surface area contributed by atoms with Crippen LogP contribution in [0.1, 0.15) is 11.7 Å². The fourth-order valence-electron chi connectivity index (χ4n) is 0.520. The lowest BCUT2D eigenvalue weighted by atomic mass is 10.2. The molecule has 0 fully saturated rings. The molecule has 0 saturated carbocycles. The molecular weight excluding hydrogens is 180 g/mol. The van der Waals surface area contributed by atoms with Gasteiger partial charge in [-0.25, -0.2) is 0 Å². The summed E-state index contributed by atoms with van der Waals surface area (Å²) in [6.07, 6.45) is 0.673. The summed E-state index contributed by atoms with van der Waals surface area (Å²) in [5.74, 6) is 0. The number of aldehydes is 1. The van der Waals surface area contributed by atoms with Gasteiger partial charge >= 0.3 is 0 Å². The average Bonchev–Trinajstić information content (AvgIpc) is 1.88. The van der Waals surface area contributed by atoms with Gasteiger partial charge in [0.25, 0.3) is 0 Å². The largest absolute Gasteiger partial charge is 0.298 e. The van der Waals surface area contributed by atoms with Gasteiger partial charge in [0.2, 0.25) is 0 Å². The maximum absolute atomic E-state index is 10.3. The summed E-state index contributed by atoms with van der Waals surface area (Å²) < 4.78 is 7.93. The minimum Gasteiger partial charge on any atom is -0.298 e. The van der Waals surface area contributed by atoms with Crippen LogP contribution < -0.4 is 0 Å². The van der Waals surface area contributed by atoms with Gasteiger partial charge in [0.05, 0.1) is 1.37 Å². The highest BCUT2D eigenvalue weighted by Gasteiger charge is 1.92. The smallest absolute Gasteiger partial charge is 0.151 e. The van der Waals surface area contributed by atoms with E-state index in [1.165, 1.54) is 0 Å². The molecule has 0 aliphatic rings. The van der Waals surface area contributed by atoms with Gasteiger partial charge in [-0.3, -0.25) is 4.79 Å². The van der Waals surface area contributed by atoms with Gasteiger partial charge in [0, 0.05) is 10.0 Å². The van der Waals surface area contributed by atoms with Crippen molar-refractivity contribution in [2.75, 3.05) is 0 Å². The number of halogens is 1. The van der Waals surface area contributed by atoms with Crippen LogP contribution in [0.4, 0.5) is 0 Å².